The highest BCUT2D eigenvalue weighted by atomic mass is 16.3. The number of fused-ring (bicyclic) bond motifs is 3. The van der Waals surface area contributed by atoms with Gasteiger partial charge in [0.25, 0.3) is 6.33 Å². The topological polar surface area (TPSA) is 31.3 Å². The Bertz CT molecular complexity index is 1040. The summed E-state index contributed by atoms with van der Waals surface area (Å²) >= 11 is 0. The second-order valence-electron chi connectivity index (χ2n) is 6.22. The van der Waals surface area contributed by atoms with Gasteiger partial charge in [-0.05, 0) is 44.0 Å². The quantitative estimate of drug-likeness (QED) is 0.496. The van der Waals surface area contributed by atoms with E-state index in [9.17, 15) is 5.11 Å². The predicted octanol–water partition coefficient (Wildman–Crippen LogP) is 3.37. The Balaban J connectivity index is 2.06. The fourth-order valence-electron chi connectivity index (χ4n) is 3.55. The second kappa shape index (κ2) is 4.85. The molecule has 23 heavy (non-hydrogen) atoms. The average Bonchev–Trinajstić information content (AvgIpc) is 2.89. The van der Waals surface area contributed by atoms with Crippen LogP contribution in [0.5, 0.6) is 5.75 Å². The Morgan fingerprint density at radius 3 is 2.43 bits per heavy atom. The molecule has 2 heterocycles. The molecule has 0 N–H and O–H groups in total. The van der Waals surface area contributed by atoms with Crippen LogP contribution in [0.1, 0.15) is 16.7 Å². The summed E-state index contributed by atoms with van der Waals surface area (Å²) in [5, 5.41) is 13.2. The third kappa shape index (κ3) is 2.08. The molecule has 0 spiro atoms. The van der Waals surface area contributed by atoms with Crippen LogP contribution in [-0.2, 0) is 0 Å². The Morgan fingerprint density at radius 1 is 0.957 bits per heavy atom. The number of rotatable bonds is 1. The van der Waals surface area contributed by atoms with Crippen molar-refractivity contribution < 1.29 is 9.67 Å². The van der Waals surface area contributed by atoms with Gasteiger partial charge in [0.2, 0.25) is 0 Å². The molecule has 4 aromatic rings. The maximum Gasteiger partial charge on any atom is 0.254 e. The monoisotopic (exact) mass is 302 g/mol. The van der Waals surface area contributed by atoms with E-state index in [0.717, 1.165) is 16.4 Å². The SMILES string of the molecule is Cc1cc(C)c(-[n+]2cc3ccc4cccc([O-])c4n3c2)c(C)c1. The predicted molar refractivity (Wildman–Crippen MR) is 90.1 cm³/mol. The van der Waals surface area contributed by atoms with E-state index in [2.05, 4.69) is 49.7 Å². The Kier molecular flexibility index (Phi) is 2.91. The molecule has 0 atom stereocenters. The van der Waals surface area contributed by atoms with Crippen LogP contribution >= 0.6 is 0 Å². The standard InChI is InChI=1S/C20H18N2O/c1-13-9-14(2)19(15(3)10-13)21-11-17-8-7-16-5-4-6-18(23)20(16)22(17)12-21/h4-12H,1-3H3. The average molecular weight is 302 g/mol. The fourth-order valence-corrected chi connectivity index (χ4v) is 3.55. The highest BCUT2D eigenvalue weighted by molar-refractivity contribution is 5.87. The first-order valence-corrected chi connectivity index (χ1v) is 7.75. The smallest absolute Gasteiger partial charge is 0.254 e. The minimum atomic E-state index is 0.0493. The van der Waals surface area contributed by atoms with E-state index in [1.165, 1.54) is 22.4 Å². The van der Waals surface area contributed by atoms with Crippen LogP contribution in [0.2, 0.25) is 0 Å². The van der Waals surface area contributed by atoms with Gasteiger partial charge in [-0.25, -0.2) is 4.57 Å². The van der Waals surface area contributed by atoms with Gasteiger partial charge in [-0.1, -0.05) is 41.6 Å². The molecule has 3 heteroatoms. The van der Waals surface area contributed by atoms with Gasteiger partial charge in [-0.3, -0.25) is 0 Å². The third-order valence-electron chi connectivity index (χ3n) is 4.39. The lowest BCUT2D eigenvalue weighted by atomic mass is 10.1. The Labute approximate surface area is 135 Å². The van der Waals surface area contributed by atoms with E-state index < -0.39 is 0 Å². The normalized spacial score (nSPS) is 11.4. The molecule has 0 aliphatic rings. The van der Waals surface area contributed by atoms with Crippen LogP contribution in [-0.4, -0.2) is 4.40 Å². The first-order chi connectivity index (χ1) is 11.0. The van der Waals surface area contributed by atoms with Crippen LogP contribution in [0.15, 0.2) is 55.0 Å². The Hall–Kier alpha value is -2.81. The van der Waals surface area contributed by atoms with Gasteiger partial charge < -0.3 is 5.11 Å². The van der Waals surface area contributed by atoms with E-state index in [1.54, 1.807) is 6.07 Å². The van der Waals surface area contributed by atoms with Gasteiger partial charge in [0, 0.05) is 5.39 Å². The van der Waals surface area contributed by atoms with Crippen LogP contribution in [0.4, 0.5) is 0 Å². The van der Waals surface area contributed by atoms with E-state index in [0.29, 0.717) is 0 Å². The first kappa shape index (κ1) is 13.8. The summed E-state index contributed by atoms with van der Waals surface area (Å²) in [6, 6.07) is 13.8. The molecule has 114 valence electrons. The molecule has 3 nitrogen and oxygen atoms in total. The minimum Gasteiger partial charge on any atom is -0.870 e. The zero-order chi connectivity index (χ0) is 16.1. The van der Waals surface area contributed by atoms with Gasteiger partial charge in [-0.2, -0.15) is 4.40 Å². The molecule has 0 aliphatic heterocycles. The summed E-state index contributed by atoms with van der Waals surface area (Å²) in [6.45, 7) is 6.37. The number of hydrogen-bond acceptors (Lipinski definition) is 1. The van der Waals surface area contributed by atoms with E-state index >= 15 is 0 Å². The minimum absolute atomic E-state index is 0.0493. The molecule has 0 radical (unpaired) electrons. The van der Waals surface area contributed by atoms with Crippen molar-refractivity contribution in [1.82, 2.24) is 4.40 Å². The van der Waals surface area contributed by atoms with Crippen molar-refractivity contribution in [2.24, 2.45) is 0 Å². The van der Waals surface area contributed by atoms with Gasteiger partial charge in [0.15, 0.2) is 5.52 Å². The lowest BCUT2D eigenvalue weighted by Crippen LogP contribution is -2.29. The van der Waals surface area contributed by atoms with Crippen molar-refractivity contribution in [3.05, 3.63) is 71.7 Å². The van der Waals surface area contributed by atoms with Crippen LogP contribution < -0.4 is 9.67 Å². The van der Waals surface area contributed by atoms with Crippen LogP contribution in [0.3, 0.4) is 0 Å². The van der Waals surface area contributed by atoms with Crippen LogP contribution in [0.25, 0.3) is 22.1 Å². The second-order valence-corrected chi connectivity index (χ2v) is 6.22. The van der Waals surface area contributed by atoms with Crippen molar-refractivity contribution in [2.45, 2.75) is 20.8 Å². The summed E-state index contributed by atoms with van der Waals surface area (Å²) in [4.78, 5) is 0. The summed E-state index contributed by atoms with van der Waals surface area (Å²) < 4.78 is 4.10. The van der Waals surface area contributed by atoms with Crippen molar-refractivity contribution in [3.63, 3.8) is 0 Å². The molecule has 2 aromatic heterocycles. The maximum atomic E-state index is 12.3. The summed E-state index contributed by atoms with van der Waals surface area (Å²) in [5.41, 5.74) is 6.65. The van der Waals surface area contributed by atoms with Gasteiger partial charge in [0.1, 0.15) is 17.4 Å². The molecular formula is C20H18N2O. The van der Waals surface area contributed by atoms with Crippen molar-refractivity contribution in [1.29, 1.82) is 0 Å². The molecule has 0 saturated heterocycles. The molecular weight excluding hydrogens is 284 g/mol. The van der Waals surface area contributed by atoms with Crippen molar-refractivity contribution in [2.75, 3.05) is 0 Å². The summed E-state index contributed by atoms with van der Waals surface area (Å²) in [5.74, 6) is 0.0493. The van der Waals surface area contributed by atoms with E-state index in [4.69, 9.17) is 0 Å². The number of para-hydroxylation sites is 1. The lowest BCUT2D eigenvalue weighted by Gasteiger charge is -2.08. The van der Waals surface area contributed by atoms with Gasteiger partial charge in [-0.15, -0.1) is 0 Å². The zero-order valence-corrected chi connectivity index (χ0v) is 13.5. The first-order valence-electron chi connectivity index (χ1n) is 7.75. The number of aromatic nitrogens is 2. The van der Waals surface area contributed by atoms with Crippen LogP contribution in [0, 0.1) is 20.8 Å². The van der Waals surface area contributed by atoms with Gasteiger partial charge in [0.05, 0.1) is 0 Å². The maximum absolute atomic E-state index is 12.3. The lowest BCUT2D eigenvalue weighted by molar-refractivity contribution is -0.594. The van der Waals surface area contributed by atoms with E-state index in [-0.39, 0.29) is 5.75 Å². The number of aryl methyl sites for hydroxylation is 3. The van der Waals surface area contributed by atoms with Crippen molar-refractivity contribution >= 4 is 16.4 Å². The molecule has 0 amide bonds. The number of nitrogens with zero attached hydrogens (tertiary/aromatic N) is 2. The highest BCUT2D eigenvalue weighted by Crippen LogP contribution is 2.24. The largest absolute Gasteiger partial charge is 0.870 e. The molecule has 0 fully saturated rings. The molecule has 0 saturated carbocycles. The third-order valence-corrected chi connectivity index (χ3v) is 4.39. The van der Waals surface area contributed by atoms with Gasteiger partial charge >= 0.3 is 0 Å². The van der Waals surface area contributed by atoms with Crippen molar-refractivity contribution in [3.8, 4) is 11.4 Å². The summed E-state index contributed by atoms with van der Waals surface area (Å²) in [6.07, 6.45) is 4.08. The Morgan fingerprint density at radius 2 is 1.70 bits per heavy atom. The molecule has 4 rings (SSSR count). The number of imidazole rings is 1. The van der Waals surface area contributed by atoms with E-state index in [1.807, 2.05) is 28.9 Å². The number of pyridine rings is 1. The zero-order valence-electron chi connectivity index (χ0n) is 13.5. The molecule has 0 bridgehead atoms. The highest BCUT2D eigenvalue weighted by Gasteiger charge is 2.16. The molecule has 0 unspecified atom stereocenters. The number of benzene rings is 2. The molecule has 2 aromatic carbocycles. The number of hydrogen-bond donors (Lipinski definition) is 0. The fraction of sp³-hybridized carbons (Fsp3) is 0.150. The summed E-state index contributed by atoms with van der Waals surface area (Å²) in [7, 11) is 0. The molecule has 0 aliphatic carbocycles.